The Morgan fingerprint density at radius 3 is 1.83 bits per heavy atom. The zero-order valence-electron chi connectivity index (χ0n) is 20.7. The minimum atomic E-state index is 0.128. The highest BCUT2D eigenvalue weighted by molar-refractivity contribution is 7.98. The molecular weight excluding hydrogens is 460 g/mol. The van der Waals surface area contributed by atoms with Crippen LogP contribution in [0.25, 0.3) is 0 Å². The van der Waals surface area contributed by atoms with Gasteiger partial charge >= 0.3 is 0 Å². The van der Waals surface area contributed by atoms with Crippen LogP contribution in [0.15, 0.2) is 114 Å². The third kappa shape index (κ3) is 5.89. The summed E-state index contributed by atoms with van der Waals surface area (Å²) in [6.45, 7) is 5.28. The first kappa shape index (κ1) is 24.4. The van der Waals surface area contributed by atoms with E-state index in [1.807, 2.05) is 28.8 Å². The molecule has 182 valence electrons. The fraction of sp³-hybridized carbons (Fsp3) is 0.219. The highest BCUT2D eigenvalue weighted by atomic mass is 32.2. The molecule has 4 heteroatoms. The van der Waals surface area contributed by atoms with E-state index in [1.165, 1.54) is 27.1 Å². The van der Waals surface area contributed by atoms with Crippen molar-refractivity contribution in [2.45, 2.75) is 23.6 Å². The van der Waals surface area contributed by atoms with Crippen LogP contribution in [0.4, 0.5) is 0 Å². The van der Waals surface area contributed by atoms with Gasteiger partial charge < -0.3 is 4.90 Å². The van der Waals surface area contributed by atoms with Crippen LogP contribution < -0.4 is 0 Å². The van der Waals surface area contributed by atoms with E-state index in [-0.39, 0.29) is 11.9 Å². The summed E-state index contributed by atoms with van der Waals surface area (Å²) in [6, 6.07) is 38.3. The van der Waals surface area contributed by atoms with Crippen LogP contribution in [0.1, 0.15) is 38.7 Å². The minimum Gasteiger partial charge on any atom is -0.336 e. The monoisotopic (exact) mass is 492 g/mol. The topological polar surface area (TPSA) is 23.6 Å². The van der Waals surface area contributed by atoms with Crippen molar-refractivity contribution < 1.29 is 4.79 Å². The molecule has 4 aromatic carbocycles. The largest absolute Gasteiger partial charge is 0.336 e. The Labute approximate surface area is 218 Å². The summed E-state index contributed by atoms with van der Waals surface area (Å²) < 4.78 is 0. The number of carbonyl (C=O) groups is 1. The number of hydrogen-bond donors (Lipinski definition) is 0. The van der Waals surface area contributed by atoms with E-state index in [0.29, 0.717) is 0 Å². The smallest absolute Gasteiger partial charge is 0.253 e. The molecule has 36 heavy (non-hydrogen) atoms. The van der Waals surface area contributed by atoms with Crippen molar-refractivity contribution in [2.75, 3.05) is 26.2 Å². The molecule has 0 aliphatic carbocycles. The van der Waals surface area contributed by atoms with Crippen molar-refractivity contribution in [3.63, 3.8) is 0 Å². The molecule has 3 nitrogen and oxygen atoms in total. The molecule has 0 N–H and O–H groups in total. The molecule has 1 aliphatic rings. The lowest BCUT2D eigenvalue weighted by Gasteiger charge is -2.39. The number of carbonyl (C=O) groups excluding carboxylic acids is 1. The van der Waals surface area contributed by atoms with Gasteiger partial charge in [-0.2, -0.15) is 0 Å². The first-order chi connectivity index (χ1) is 17.7. The third-order valence-electron chi connectivity index (χ3n) is 6.82. The van der Waals surface area contributed by atoms with Gasteiger partial charge in [-0.3, -0.25) is 9.69 Å². The number of rotatable bonds is 7. The van der Waals surface area contributed by atoms with E-state index in [9.17, 15) is 4.79 Å². The second kappa shape index (κ2) is 11.6. The van der Waals surface area contributed by atoms with Crippen molar-refractivity contribution >= 4 is 17.7 Å². The molecule has 1 amide bonds. The zero-order valence-corrected chi connectivity index (χ0v) is 21.5. The number of aryl methyl sites for hydroxylation is 1. The molecule has 0 radical (unpaired) electrons. The normalized spacial score (nSPS) is 14.2. The summed E-state index contributed by atoms with van der Waals surface area (Å²) in [4.78, 5) is 19.0. The Bertz CT molecular complexity index is 1210. The minimum absolute atomic E-state index is 0.128. The van der Waals surface area contributed by atoms with Gasteiger partial charge in [0.25, 0.3) is 5.91 Å². The standard InChI is InChI=1S/C32H32N2OS/c1-25-12-18-30(19-13-25)36-24-26-14-16-29(17-15-26)32(35)34-22-20-33(21-23-34)31(27-8-4-2-5-9-27)28-10-6-3-7-11-28/h2-19,31H,20-24H2,1H3. The highest BCUT2D eigenvalue weighted by Crippen LogP contribution is 2.30. The fourth-order valence-corrected chi connectivity index (χ4v) is 5.65. The van der Waals surface area contributed by atoms with Crippen molar-refractivity contribution in [3.05, 3.63) is 137 Å². The molecule has 0 aromatic heterocycles. The van der Waals surface area contributed by atoms with Crippen LogP contribution >= 0.6 is 11.8 Å². The van der Waals surface area contributed by atoms with Gasteiger partial charge in [-0.1, -0.05) is 90.5 Å². The number of nitrogens with zero attached hydrogens (tertiary/aromatic N) is 2. The Morgan fingerprint density at radius 2 is 1.28 bits per heavy atom. The first-order valence-corrected chi connectivity index (χ1v) is 13.6. The molecular formula is C32H32N2OS. The Kier molecular flexibility index (Phi) is 7.85. The van der Waals surface area contributed by atoms with E-state index >= 15 is 0 Å². The molecule has 0 unspecified atom stereocenters. The van der Waals surface area contributed by atoms with Crippen molar-refractivity contribution in [1.82, 2.24) is 9.80 Å². The predicted octanol–water partition coefficient (Wildman–Crippen LogP) is 6.83. The summed E-state index contributed by atoms with van der Waals surface area (Å²) in [5.74, 6) is 1.03. The van der Waals surface area contributed by atoms with Crippen molar-refractivity contribution in [2.24, 2.45) is 0 Å². The van der Waals surface area contributed by atoms with Crippen LogP contribution in [0.3, 0.4) is 0 Å². The molecule has 0 atom stereocenters. The van der Waals surface area contributed by atoms with Gasteiger partial charge in [0.2, 0.25) is 0 Å². The van der Waals surface area contributed by atoms with Crippen LogP contribution in [-0.4, -0.2) is 41.9 Å². The van der Waals surface area contributed by atoms with E-state index in [4.69, 9.17) is 0 Å². The van der Waals surface area contributed by atoms with E-state index < -0.39 is 0 Å². The summed E-state index contributed by atoms with van der Waals surface area (Å²) in [6.07, 6.45) is 0. The van der Waals surface area contributed by atoms with Crippen LogP contribution in [0.5, 0.6) is 0 Å². The molecule has 1 heterocycles. The SMILES string of the molecule is Cc1ccc(SCc2ccc(C(=O)N3CCN(C(c4ccccc4)c4ccccc4)CC3)cc2)cc1. The lowest BCUT2D eigenvalue weighted by molar-refractivity contribution is 0.0597. The number of hydrogen-bond acceptors (Lipinski definition) is 3. The van der Waals surface area contributed by atoms with Gasteiger partial charge in [0, 0.05) is 42.4 Å². The maximum absolute atomic E-state index is 13.2. The molecule has 4 aromatic rings. The molecule has 0 bridgehead atoms. The summed E-state index contributed by atoms with van der Waals surface area (Å²) in [7, 11) is 0. The van der Waals surface area contributed by atoms with E-state index in [1.54, 1.807) is 0 Å². The van der Waals surface area contributed by atoms with Gasteiger partial charge in [-0.05, 0) is 47.9 Å². The first-order valence-electron chi connectivity index (χ1n) is 12.6. The lowest BCUT2D eigenvalue weighted by Crippen LogP contribution is -2.49. The van der Waals surface area contributed by atoms with Gasteiger partial charge in [0.1, 0.15) is 0 Å². The summed E-state index contributed by atoms with van der Waals surface area (Å²) in [5.41, 5.74) is 5.87. The third-order valence-corrected chi connectivity index (χ3v) is 7.91. The van der Waals surface area contributed by atoms with Crippen LogP contribution in [0, 0.1) is 6.92 Å². The fourth-order valence-electron chi connectivity index (χ4n) is 4.80. The summed E-state index contributed by atoms with van der Waals surface area (Å²) in [5, 5.41) is 0. The van der Waals surface area contributed by atoms with Crippen molar-refractivity contribution in [1.29, 1.82) is 0 Å². The van der Waals surface area contributed by atoms with Gasteiger partial charge in [-0.25, -0.2) is 0 Å². The Hall–Kier alpha value is -3.34. The van der Waals surface area contributed by atoms with Gasteiger partial charge in [-0.15, -0.1) is 11.8 Å². The second-order valence-corrected chi connectivity index (χ2v) is 10.4. The zero-order chi connectivity index (χ0) is 24.7. The lowest BCUT2D eigenvalue weighted by atomic mass is 9.96. The van der Waals surface area contributed by atoms with Crippen LogP contribution in [0.2, 0.25) is 0 Å². The molecule has 1 aliphatic heterocycles. The Balaban J connectivity index is 1.20. The maximum Gasteiger partial charge on any atom is 0.253 e. The molecule has 0 saturated carbocycles. The molecule has 5 rings (SSSR count). The van der Waals surface area contributed by atoms with Crippen molar-refractivity contribution in [3.8, 4) is 0 Å². The number of thioether (sulfide) groups is 1. The number of amides is 1. The highest BCUT2D eigenvalue weighted by Gasteiger charge is 2.28. The molecule has 1 fully saturated rings. The number of benzene rings is 4. The average molecular weight is 493 g/mol. The Morgan fingerprint density at radius 1 is 0.722 bits per heavy atom. The number of piperazine rings is 1. The second-order valence-electron chi connectivity index (χ2n) is 9.35. The summed E-state index contributed by atoms with van der Waals surface area (Å²) >= 11 is 1.82. The molecule has 0 spiro atoms. The molecule has 1 saturated heterocycles. The average Bonchev–Trinajstić information content (AvgIpc) is 2.94. The van der Waals surface area contributed by atoms with Crippen LogP contribution in [-0.2, 0) is 5.75 Å². The van der Waals surface area contributed by atoms with E-state index in [2.05, 4.69) is 109 Å². The van der Waals surface area contributed by atoms with E-state index in [0.717, 1.165) is 37.5 Å². The van der Waals surface area contributed by atoms with Gasteiger partial charge in [0.15, 0.2) is 0 Å². The quantitative estimate of drug-likeness (QED) is 0.264. The van der Waals surface area contributed by atoms with Gasteiger partial charge in [0.05, 0.1) is 6.04 Å². The maximum atomic E-state index is 13.2. The predicted molar refractivity (Wildman–Crippen MR) is 149 cm³/mol.